The Labute approximate surface area is 103 Å². The highest BCUT2D eigenvalue weighted by Gasteiger charge is 2.26. The molecule has 1 aliphatic rings. The minimum atomic E-state index is -0.0267. The van der Waals surface area contributed by atoms with Crippen LogP contribution in [0.15, 0.2) is 29.8 Å². The van der Waals surface area contributed by atoms with E-state index in [1.165, 1.54) is 22.5 Å². The molecule has 0 radical (unpaired) electrons. The number of nitrogens with zero attached hydrogens (tertiary/aromatic N) is 2. The lowest BCUT2D eigenvalue weighted by Gasteiger charge is -2.14. The number of nitrogens with two attached hydrogens (primary N) is 1. The third kappa shape index (κ3) is 1.68. The van der Waals surface area contributed by atoms with Gasteiger partial charge < -0.3 is 10.6 Å². The number of aromatic nitrogens is 1. The number of hydrogen-bond acceptors (Lipinski definition) is 4. The fourth-order valence-corrected chi connectivity index (χ4v) is 2.71. The molecule has 0 fully saturated rings. The SMILES string of the molecule is Nc1ncsc1C(=O)N1Cc2ccccc2C1. The molecule has 0 bridgehead atoms. The summed E-state index contributed by atoms with van der Waals surface area (Å²) in [6, 6.07) is 8.10. The van der Waals surface area contributed by atoms with Crippen LogP contribution >= 0.6 is 11.3 Å². The van der Waals surface area contributed by atoms with Gasteiger partial charge in [-0.1, -0.05) is 24.3 Å². The summed E-state index contributed by atoms with van der Waals surface area (Å²) in [6.45, 7) is 1.32. The largest absolute Gasteiger partial charge is 0.382 e. The molecule has 1 aromatic carbocycles. The zero-order chi connectivity index (χ0) is 11.8. The van der Waals surface area contributed by atoms with Crippen molar-refractivity contribution in [2.75, 3.05) is 5.73 Å². The summed E-state index contributed by atoms with van der Waals surface area (Å²) >= 11 is 1.30. The highest BCUT2D eigenvalue weighted by Crippen LogP contribution is 2.26. The first-order chi connectivity index (χ1) is 8.25. The zero-order valence-electron chi connectivity index (χ0n) is 9.09. The number of thiazole rings is 1. The summed E-state index contributed by atoms with van der Waals surface area (Å²) in [5.74, 6) is 0.303. The van der Waals surface area contributed by atoms with Crippen molar-refractivity contribution in [1.29, 1.82) is 0 Å². The van der Waals surface area contributed by atoms with Gasteiger partial charge in [0.2, 0.25) is 0 Å². The highest BCUT2D eigenvalue weighted by atomic mass is 32.1. The Morgan fingerprint density at radius 3 is 2.47 bits per heavy atom. The first kappa shape index (κ1) is 10.3. The molecular weight excluding hydrogens is 234 g/mol. The molecule has 2 heterocycles. The van der Waals surface area contributed by atoms with Crippen LogP contribution in [0.1, 0.15) is 20.8 Å². The average Bonchev–Trinajstić information content (AvgIpc) is 2.93. The Morgan fingerprint density at radius 1 is 1.29 bits per heavy atom. The van der Waals surface area contributed by atoms with Gasteiger partial charge in [-0.25, -0.2) is 4.98 Å². The van der Waals surface area contributed by atoms with Crippen molar-refractivity contribution < 1.29 is 4.79 Å². The van der Waals surface area contributed by atoms with Crippen molar-refractivity contribution in [3.8, 4) is 0 Å². The molecule has 5 heteroatoms. The smallest absolute Gasteiger partial charge is 0.268 e. The van der Waals surface area contributed by atoms with Crippen LogP contribution in [-0.2, 0) is 13.1 Å². The van der Waals surface area contributed by atoms with Gasteiger partial charge in [0, 0.05) is 13.1 Å². The molecule has 0 saturated heterocycles. The molecule has 1 amide bonds. The molecule has 0 saturated carbocycles. The van der Waals surface area contributed by atoms with Gasteiger partial charge in [-0.05, 0) is 11.1 Å². The van der Waals surface area contributed by atoms with Gasteiger partial charge in [-0.2, -0.15) is 0 Å². The molecule has 0 spiro atoms. The van der Waals surface area contributed by atoms with E-state index in [0.29, 0.717) is 23.8 Å². The van der Waals surface area contributed by atoms with Gasteiger partial charge in [-0.15, -0.1) is 11.3 Å². The van der Waals surface area contributed by atoms with Crippen LogP contribution in [0, 0.1) is 0 Å². The van der Waals surface area contributed by atoms with Crippen LogP contribution in [0.2, 0.25) is 0 Å². The van der Waals surface area contributed by atoms with Crippen molar-refractivity contribution in [1.82, 2.24) is 9.88 Å². The number of rotatable bonds is 1. The van der Waals surface area contributed by atoms with E-state index in [2.05, 4.69) is 17.1 Å². The van der Waals surface area contributed by atoms with E-state index in [1.54, 1.807) is 10.4 Å². The Hall–Kier alpha value is -1.88. The minimum Gasteiger partial charge on any atom is -0.382 e. The number of carbonyl (C=O) groups excluding carboxylic acids is 1. The van der Waals surface area contributed by atoms with E-state index < -0.39 is 0 Å². The summed E-state index contributed by atoms with van der Waals surface area (Å²) in [4.78, 5) is 18.5. The normalized spacial score (nSPS) is 13.8. The van der Waals surface area contributed by atoms with E-state index in [9.17, 15) is 4.79 Å². The fourth-order valence-electron chi connectivity index (χ4n) is 2.04. The summed E-state index contributed by atoms with van der Waals surface area (Å²) < 4.78 is 0. The predicted octanol–water partition coefficient (Wildman–Crippen LogP) is 1.88. The van der Waals surface area contributed by atoms with E-state index in [4.69, 9.17) is 5.73 Å². The van der Waals surface area contributed by atoms with Gasteiger partial charge >= 0.3 is 0 Å². The second-order valence-electron chi connectivity index (χ2n) is 4.00. The lowest BCUT2D eigenvalue weighted by atomic mass is 10.1. The highest BCUT2D eigenvalue weighted by molar-refractivity contribution is 7.12. The quantitative estimate of drug-likeness (QED) is 0.834. The van der Waals surface area contributed by atoms with Crippen LogP contribution in [0.3, 0.4) is 0 Å². The average molecular weight is 245 g/mol. The molecule has 3 rings (SSSR count). The zero-order valence-corrected chi connectivity index (χ0v) is 9.91. The number of nitrogen functional groups attached to an aromatic ring is 1. The number of amides is 1. The van der Waals surface area contributed by atoms with Crippen molar-refractivity contribution >= 4 is 23.1 Å². The van der Waals surface area contributed by atoms with Crippen molar-refractivity contribution in [3.63, 3.8) is 0 Å². The van der Waals surface area contributed by atoms with E-state index in [0.717, 1.165) is 0 Å². The number of carbonyl (C=O) groups is 1. The number of anilines is 1. The van der Waals surface area contributed by atoms with Gasteiger partial charge in [0.1, 0.15) is 10.7 Å². The third-order valence-corrected chi connectivity index (χ3v) is 3.75. The Balaban J connectivity index is 1.86. The second-order valence-corrected chi connectivity index (χ2v) is 4.85. The Kier molecular flexibility index (Phi) is 2.33. The summed E-state index contributed by atoms with van der Waals surface area (Å²) in [7, 11) is 0. The maximum absolute atomic E-state index is 12.2. The van der Waals surface area contributed by atoms with E-state index >= 15 is 0 Å². The fraction of sp³-hybridized carbons (Fsp3) is 0.167. The van der Waals surface area contributed by atoms with Crippen molar-refractivity contribution in [3.05, 3.63) is 45.8 Å². The monoisotopic (exact) mass is 245 g/mol. The van der Waals surface area contributed by atoms with Gasteiger partial charge in [0.15, 0.2) is 0 Å². The Morgan fingerprint density at radius 2 is 1.94 bits per heavy atom. The van der Waals surface area contributed by atoms with Gasteiger partial charge in [0.05, 0.1) is 5.51 Å². The van der Waals surface area contributed by atoms with Gasteiger partial charge in [0.25, 0.3) is 5.91 Å². The van der Waals surface area contributed by atoms with E-state index in [1.807, 2.05) is 12.1 Å². The molecule has 0 atom stereocenters. The van der Waals surface area contributed by atoms with Crippen molar-refractivity contribution in [2.24, 2.45) is 0 Å². The molecule has 0 unspecified atom stereocenters. The first-order valence-electron chi connectivity index (χ1n) is 5.30. The molecule has 0 aliphatic carbocycles. The summed E-state index contributed by atoms with van der Waals surface area (Å²) in [6.07, 6.45) is 0. The van der Waals surface area contributed by atoms with Crippen LogP contribution < -0.4 is 5.73 Å². The maximum Gasteiger partial charge on any atom is 0.268 e. The molecule has 17 heavy (non-hydrogen) atoms. The number of hydrogen-bond donors (Lipinski definition) is 1. The topological polar surface area (TPSA) is 59.2 Å². The molecule has 4 nitrogen and oxygen atoms in total. The lowest BCUT2D eigenvalue weighted by molar-refractivity contribution is 0.0757. The van der Waals surface area contributed by atoms with E-state index in [-0.39, 0.29) is 5.91 Å². The number of fused-ring (bicyclic) bond motifs is 1. The molecule has 2 aromatic rings. The van der Waals surface area contributed by atoms with Gasteiger partial charge in [-0.3, -0.25) is 4.79 Å². The summed E-state index contributed by atoms with van der Waals surface area (Å²) in [5.41, 5.74) is 9.69. The maximum atomic E-state index is 12.2. The molecular formula is C12H11N3OS. The summed E-state index contributed by atoms with van der Waals surface area (Å²) in [5, 5.41) is 0. The standard InChI is InChI=1S/C12H11N3OS/c13-11-10(17-7-14-11)12(16)15-5-8-3-1-2-4-9(8)6-15/h1-4,7H,5-6,13H2. The van der Waals surface area contributed by atoms with Crippen LogP contribution in [0.5, 0.6) is 0 Å². The van der Waals surface area contributed by atoms with Crippen LogP contribution in [0.25, 0.3) is 0 Å². The molecule has 86 valence electrons. The second kappa shape index (κ2) is 3.85. The third-order valence-electron chi connectivity index (χ3n) is 2.92. The van der Waals surface area contributed by atoms with Crippen LogP contribution in [-0.4, -0.2) is 15.8 Å². The van der Waals surface area contributed by atoms with Crippen molar-refractivity contribution in [2.45, 2.75) is 13.1 Å². The molecule has 1 aliphatic heterocycles. The Bertz CT molecular complexity index is 554. The lowest BCUT2D eigenvalue weighted by Crippen LogP contribution is -2.25. The minimum absolute atomic E-state index is 0.0267. The molecule has 2 N–H and O–H groups in total. The van der Waals surface area contributed by atoms with Crippen LogP contribution in [0.4, 0.5) is 5.82 Å². The molecule has 1 aromatic heterocycles. The first-order valence-corrected chi connectivity index (χ1v) is 6.18. The number of benzene rings is 1. The predicted molar refractivity (Wildman–Crippen MR) is 66.5 cm³/mol.